The number of nitrogens with zero attached hydrogens (tertiary/aromatic N) is 2. The van der Waals surface area contributed by atoms with Crippen molar-refractivity contribution < 1.29 is 9.53 Å². The number of nitrogen functional groups attached to an aromatic ring is 1. The molecule has 2 fully saturated rings. The first-order valence-electron chi connectivity index (χ1n) is 6.75. The van der Waals surface area contributed by atoms with Gasteiger partial charge in [0.1, 0.15) is 0 Å². The molecule has 2 aliphatic rings. The van der Waals surface area contributed by atoms with E-state index in [-0.39, 0.29) is 11.5 Å². The van der Waals surface area contributed by atoms with E-state index in [9.17, 15) is 4.79 Å². The minimum Gasteiger partial charge on any atom is -0.395 e. The molecule has 1 amide bonds. The van der Waals surface area contributed by atoms with Crippen molar-refractivity contribution in [3.8, 4) is 0 Å². The van der Waals surface area contributed by atoms with Crippen molar-refractivity contribution in [2.45, 2.75) is 38.2 Å². The van der Waals surface area contributed by atoms with Crippen molar-refractivity contribution in [1.82, 2.24) is 15.1 Å². The highest BCUT2D eigenvalue weighted by Crippen LogP contribution is 2.42. The van der Waals surface area contributed by atoms with Gasteiger partial charge in [-0.15, -0.1) is 0 Å². The van der Waals surface area contributed by atoms with E-state index in [1.165, 1.54) is 0 Å². The topological polar surface area (TPSA) is 84.2 Å². The van der Waals surface area contributed by atoms with Gasteiger partial charge < -0.3 is 15.4 Å². The molecule has 1 aromatic heterocycles. The van der Waals surface area contributed by atoms with Gasteiger partial charge in [-0.05, 0) is 26.7 Å². The third kappa shape index (κ3) is 2.32. The van der Waals surface area contributed by atoms with Crippen molar-refractivity contribution in [2.75, 3.05) is 25.4 Å². The van der Waals surface area contributed by atoms with Gasteiger partial charge in [-0.2, -0.15) is 5.10 Å². The van der Waals surface area contributed by atoms with Crippen LogP contribution < -0.4 is 5.73 Å². The van der Waals surface area contributed by atoms with Gasteiger partial charge in [0.05, 0.1) is 23.6 Å². The van der Waals surface area contributed by atoms with Crippen LogP contribution in [0.3, 0.4) is 0 Å². The van der Waals surface area contributed by atoms with Crippen LogP contribution in [0.2, 0.25) is 0 Å². The number of hydrogen-bond donors (Lipinski definition) is 2. The minimum atomic E-state index is -0.307. The lowest BCUT2D eigenvalue weighted by Crippen LogP contribution is -2.50. The smallest absolute Gasteiger partial charge is 0.276 e. The molecule has 1 saturated heterocycles. The average molecular weight is 264 g/mol. The molecule has 1 aromatic rings. The van der Waals surface area contributed by atoms with Crippen LogP contribution in [0.25, 0.3) is 0 Å². The Morgan fingerprint density at radius 3 is 2.89 bits per heavy atom. The molecule has 0 spiro atoms. The molecular formula is C13H20N4O2. The molecule has 0 unspecified atom stereocenters. The number of aromatic amines is 1. The number of nitrogens with two attached hydrogens (primary N) is 1. The summed E-state index contributed by atoms with van der Waals surface area (Å²) in [4.78, 5) is 14.2. The number of carbonyl (C=O) groups is 1. The van der Waals surface area contributed by atoms with Crippen molar-refractivity contribution in [1.29, 1.82) is 0 Å². The summed E-state index contributed by atoms with van der Waals surface area (Å²) >= 11 is 0. The number of morpholine rings is 1. The summed E-state index contributed by atoms with van der Waals surface area (Å²) in [6.07, 6.45) is 2.26. The van der Waals surface area contributed by atoms with Crippen molar-refractivity contribution >= 4 is 11.6 Å². The number of carbonyl (C=O) groups excluding carboxylic acids is 1. The highest BCUT2D eigenvalue weighted by atomic mass is 16.5. The number of aromatic nitrogens is 2. The molecule has 1 aliphatic carbocycles. The van der Waals surface area contributed by atoms with Gasteiger partial charge >= 0.3 is 0 Å². The Morgan fingerprint density at radius 2 is 2.26 bits per heavy atom. The van der Waals surface area contributed by atoms with Gasteiger partial charge in [-0.1, -0.05) is 0 Å². The van der Waals surface area contributed by atoms with Gasteiger partial charge in [0.2, 0.25) is 0 Å². The van der Waals surface area contributed by atoms with Crippen LogP contribution in [0.15, 0.2) is 0 Å². The Kier molecular flexibility index (Phi) is 2.78. The molecule has 1 aliphatic heterocycles. The number of nitrogens with one attached hydrogen (secondary N) is 1. The van der Waals surface area contributed by atoms with Crippen LogP contribution in [-0.4, -0.2) is 46.3 Å². The lowest BCUT2D eigenvalue weighted by Gasteiger charge is -2.37. The van der Waals surface area contributed by atoms with E-state index >= 15 is 0 Å². The van der Waals surface area contributed by atoms with Gasteiger partial charge in [0.15, 0.2) is 5.69 Å². The van der Waals surface area contributed by atoms with E-state index in [2.05, 4.69) is 10.2 Å². The highest BCUT2D eigenvalue weighted by Gasteiger charge is 2.34. The van der Waals surface area contributed by atoms with Crippen LogP contribution >= 0.6 is 0 Å². The second-order valence-corrected chi connectivity index (χ2v) is 6.01. The molecule has 3 N–H and O–H groups in total. The van der Waals surface area contributed by atoms with E-state index in [4.69, 9.17) is 10.5 Å². The Bertz CT molecular complexity index is 505. The number of ether oxygens (including phenoxy) is 1. The largest absolute Gasteiger partial charge is 0.395 e. The van der Waals surface area contributed by atoms with Crippen LogP contribution in [0.5, 0.6) is 0 Å². The van der Waals surface area contributed by atoms with Crippen LogP contribution in [0.4, 0.5) is 5.69 Å². The summed E-state index contributed by atoms with van der Waals surface area (Å²) in [5.41, 5.74) is 7.55. The second kappa shape index (κ2) is 4.23. The Morgan fingerprint density at radius 1 is 1.53 bits per heavy atom. The summed E-state index contributed by atoms with van der Waals surface area (Å²) in [5.74, 6) is 0.368. The predicted octanol–water partition coefficient (Wildman–Crippen LogP) is 1.12. The van der Waals surface area contributed by atoms with E-state index < -0.39 is 0 Å². The summed E-state index contributed by atoms with van der Waals surface area (Å²) in [5, 5.41) is 7.04. The lowest BCUT2D eigenvalue weighted by atomic mass is 10.1. The average Bonchev–Trinajstić information content (AvgIpc) is 3.11. The van der Waals surface area contributed by atoms with Crippen molar-refractivity contribution in [3.05, 3.63) is 11.4 Å². The summed E-state index contributed by atoms with van der Waals surface area (Å²) < 4.78 is 5.61. The first-order valence-corrected chi connectivity index (χ1v) is 6.75. The number of hydrogen-bond acceptors (Lipinski definition) is 4. The number of amides is 1. The minimum absolute atomic E-state index is 0.1000. The quantitative estimate of drug-likeness (QED) is 0.838. The molecular weight excluding hydrogens is 244 g/mol. The predicted molar refractivity (Wildman–Crippen MR) is 70.9 cm³/mol. The normalized spacial score (nSPS) is 22.5. The second-order valence-electron chi connectivity index (χ2n) is 6.01. The fourth-order valence-electron chi connectivity index (χ4n) is 2.55. The standard InChI is InChI=1S/C13H20N4O2/c1-13(2)7-17(5-6-19-13)12(18)11-9(14)10(15-16-11)8-3-4-8/h8H,3-7,14H2,1-2H3,(H,15,16). The molecule has 6 heteroatoms. The maximum Gasteiger partial charge on any atom is 0.276 e. The van der Waals surface area contributed by atoms with Gasteiger partial charge in [0, 0.05) is 19.0 Å². The van der Waals surface area contributed by atoms with Gasteiger partial charge in [0.25, 0.3) is 5.91 Å². The molecule has 0 bridgehead atoms. The SMILES string of the molecule is CC1(C)CN(C(=O)c2n[nH]c(C3CC3)c2N)CCO1. The van der Waals surface area contributed by atoms with Crippen molar-refractivity contribution in [3.63, 3.8) is 0 Å². The number of rotatable bonds is 2. The van der Waals surface area contributed by atoms with E-state index in [1.54, 1.807) is 4.90 Å². The molecule has 1 saturated carbocycles. The van der Waals surface area contributed by atoms with Crippen molar-refractivity contribution in [2.24, 2.45) is 0 Å². The van der Waals surface area contributed by atoms with E-state index in [1.807, 2.05) is 13.8 Å². The van der Waals surface area contributed by atoms with Gasteiger partial charge in [-0.3, -0.25) is 9.89 Å². The maximum absolute atomic E-state index is 12.5. The Hall–Kier alpha value is -1.56. The van der Waals surface area contributed by atoms with Gasteiger partial charge in [-0.25, -0.2) is 0 Å². The third-order valence-electron chi connectivity index (χ3n) is 3.73. The molecule has 3 rings (SSSR count). The molecule has 6 nitrogen and oxygen atoms in total. The number of H-pyrrole nitrogens is 1. The fourth-order valence-corrected chi connectivity index (χ4v) is 2.55. The van der Waals surface area contributed by atoms with E-state index in [0.29, 0.717) is 37.0 Å². The molecule has 2 heterocycles. The highest BCUT2D eigenvalue weighted by molar-refractivity contribution is 5.97. The van der Waals surface area contributed by atoms with Crippen LogP contribution in [-0.2, 0) is 4.74 Å². The maximum atomic E-state index is 12.5. The zero-order valence-electron chi connectivity index (χ0n) is 11.4. The Balaban J connectivity index is 1.79. The number of anilines is 1. The molecule has 104 valence electrons. The lowest BCUT2D eigenvalue weighted by molar-refractivity contribution is -0.0764. The molecule has 0 atom stereocenters. The summed E-state index contributed by atoms with van der Waals surface area (Å²) in [6.45, 7) is 5.68. The third-order valence-corrected chi connectivity index (χ3v) is 3.73. The zero-order valence-corrected chi connectivity index (χ0v) is 11.4. The molecule has 0 aromatic carbocycles. The zero-order chi connectivity index (χ0) is 13.6. The fraction of sp³-hybridized carbons (Fsp3) is 0.692. The summed E-state index contributed by atoms with van der Waals surface area (Å²) in [7, 11) is 0. The first-order chi connectivity index (χ1) is 8.98. The molecule has 19 heavy (non-hydrogen) atoms. The van der Waals surface area contributed by atoms with Crippen LogP contribution in [0.1, 0.15) is 48.8 Å². The van der Waals surface area contributed by atoms with Crippen LogP contribution in [0, 0.1) is 0 Å². The first kappa shape index (κ1) is 12.5. The molecule has 0 radical (unpaired) electrons. The van der Waals surface area contributed by atoms with E-state index in [0.717, 1.165) is 18.5 Å². The summed E-state index contributed by atoms with van der Waals surface area (Å²) in [6, 6.07) is 0. The Labute approximate surface area is 112 Å². The monoisotopic (exact) mass is 264 g/mol.